The van der Waals surface area contributed by atoms with Crippen LogP contribution in [0.2, 0.25) is 0 Å². The summed E-state index contributed by atoms with van der Waals surface area (Å²) >= 11 is 0. The molecule has 1 N–H and O–H groups in total. The van der Waals surface area contributed by atoms with E-state index in [1.165, 1.54) is 0 Å². The Morgan fingerprint density at radius 2 is 2.00 bits per heavy atom. The first-order chi connectivity index (χ1) is 5.41. The van der Waals surface area contributed by atoms with Gasteiger partial charge in [-0.3, -0.25) is 4.99 Å². The highest BCUT2D eigenvalue weighted by Gasteiger charge is 2.16. The van der Waals surface area contributed by atoms with Crippen LogP contribution in [-0.2, 0) is 0 Å². The maximum absolute atomic E-state index is 9.65. The SMILES string of the molecule is C=N/C(C)=C\C(=C/C)C(C)(C)O. The summed E-state index contributed by atoms with van der Waals surface area (Å²) in [5.41, 5.74) is 0.860. The first-order valence-electron chi connectivity index (χ1n) is 3.96. The Morgan fingerprint density at radius 1 is 1.50 bits per heavy atom. The molecular weight excluding hydrogens is 150 g/mol. The largest absolute Gasteiger partial charge is 0.386 e. The summed E-state index contributed by atoms with van der Waals surface area (Å²) in [6, 6.07) is 0. The summed E-state index contributed by atoms with van der Waals surface area (Å²) in [5, 5.41) is 9.65. The summed E-state index contributed by atoms with van der Waals surface area (Å²) in [5.74, 6) is 0. The molecule has 0 aliphatic rings. The molecule has 2 heteroatoms. The second-order valence-corrected chi connectivity index (χ2v) is 3.25. The first kappa shape index (κ1) is 11.1. The molecule has 0 aromatic heterocycles. The lowest BCUT2D eigenvalue weighted by Gasteiger charge is -2.18. The zero-order valence-electron chi connectivity index (χ0n) is 8.26. The number of allylic oxidation sites excluding steroid dienone is 2. The van der Waals surface area contributed by atoms with Crippen LogP contribution >= 0.6 is 0 Å². The van der Waals surface area contributed by atoms with E-state index in [0.717, 1.165) is 11.3 Å². The van der Waals surface area contributed by atoms with E-state index >= 15 is 0 Å². The highest BCUT2D eigenvalue weighted by atomic mass is 16.3. The molecule has 68 valence electrons. The van der Waals surface area contributed by atoms with Crippen molar-refractivity contribution in [2.24, 2.45) is 4.99 Å². The number of rotatable bonds is 3. The fraction of sp³-hybridized carbons (Fsp3) is 0.500. The Hall–Kier alpha value is -0.890. The number of hydrogen-bond acceptors (Lipinski definition) is 2. The molecule has 0 aliphatic carbocycles. The van der Waals surface area contributed by atoms with Crippen LogP contribution in [0, 0.1) is 0 Å². The molecule has 0 amide bonds. The van der Waals surface area contributed by atoms with Gasteiger partial charge in [-0.15, -0.1) is 0 Å². The van der Waals surface area contributed by atoms with E-state index in [0.29, 0.717) is 0 Å². The molecule has 0 aliphatic heterocycles. The van der Waals surface area contributed by atoms with Gasteiger partial charge in [-0.1, -0.05) is 6.08 Å². The van der Waals surface area contributed by atoms with Crippen LogP contribution < -0.4 is 0 Å². The molecule has 0 radical (unpaired) electrons. The van der Waals surface area contributed by atoms with Crippen LogP contribution in [0.3, 0.4) is 0 Å². The highest BCUT2D eigenvalue weighted by Crippen LogP contribution is 2.18. The molecule has 0 aromatic carbocycles. The van der Waals surface area contributed by atoms with Crippen LogP contribution in [0.5, 0.6) is 0 Å². The minimum absolute atomic E-state index is 0.805. The smallest absolute Gasteiger partial charge is 0.0838 e. The number of aliphatic hydroxyl groups is 1. The molecule has 0 aromatic rings. The van der Waals surface area contributed by atoms with Crippen LogP contribution in [-0.4, -0.2) is 17.4 Å². The van der Waals surface area contributed by atoms with Crippen LogP contribution in [0.4, 0.5) is 0 Å². The molecule has 0 saturated carbocycles. The van der Waals surface area contributed by atoms with E-state index in [-0.39, 0.29) is 0 Å². The van der Waals surface area contributed by atoms with Crippen molar-refractivity contribution in [2.75, 3.05) is 0 Å². The molecule has 0 unspecified atom stereocenters. The summed E-state index contributed by atoms with van der Waals surface area (Å²) in [6.45, 7) is 10.6. The van der Waals surface area contributed by atoms with Crippen molar-refractivity contribution in [3.63, 3.8) is 0 Å². The van der Waals surface area contributed by atoms with Gasteiger partial charge in [0.1, 0.15) is 0 Å². The van der Waals surface area contributed by atoms with Crippen LogP contribution in [0.15, 0.2) is 28.4 Å². The van der Waals surface area contributed by atoms with E-state index in [1.807, 2.05) is 26.0 Å². The monoisotopic (exact) mass is 167 g/mol. The van der Waals surface area contributed by atoms with Crippen molar-refractivity contribution in [1.82, 2.24) is 0 Å². The fourth-order valence-electron chi connectivity index (χ4n) is 0.884. The second-order valence-electron chi connectivity index (χ2n) is 3.25. The van der Waals surface area contributed by atoms with Gasteiger partial charge in [0.25, 0.3) is 0 Å². The third kappa shape index (κ3) is 3.49. The minimum atomic E-state index is -0.805. The molecule has 0 spiro atoms. The Balaban J connectivity index is 4.74. The standard InChI is InChI=1S/C10H17NO/c1-6-9(10(3,4)12)7-8(2)11-5/h6-7,12H,5H2,1-4H3/b8-7-,9-6+. The predicted octanol–water partition coefficient (Wildman–Crippen LogP) is 2.31. The molecule has 0 rings (SSSR count). The van der Waals surface area contributed by atoms with Gasteiger partial charge in [-0.25, -0.2) is 0 Å². The lowest BCUT2D eigenvalue weighted by atomic mass is 9.97. The Labute approximate surface area is 74.3 Å². The normalized spacial score (nSPS) is 14.8. The van der Waals surface area contributed by atoms with E-state index in [2.05, 4.69) is 11.7 Å². The number of aliphatic imine (C=N–C) groups is 1. The third-order valence-corrected chi connectivity index (χ3v) is 1.63. The summed E-state index contributed by atoms with van der Waals surface area (Å²) < 4.78 is 0. The van der Waals surface area contributed by atoms with Crippen molar-refractivity contribution < 1.29 is 5.11 Å². The predicted molar refractivity (Wildman–Crippen MR) is 53.4 cm³/mol. The van der Waals surface area contributed by atoms with Crippen LogP contribution in [0.1, 0.15) is 27.7 Å². The fourth-order valence-corrected chi connectivity index (χ4v) is 0.884. The highest BCUT2D eigenvalue weighted by molar-refractivity contribution is 5.34. The van der Waals surface area contributed by atoms with Crippen molar-refractivity contribution in [3.8, 4) is 0 Å². The third-order valence-electron chi connectivity index (χ3n) is 1.63. The van der Waals surface area contributed by atoms with Gasteiger partial charge in [0.2, 0.25) is 0 Å². The maximum Gasteiger partial charge on any atom is 0.0838 e. The van der Waals surface area contributed by atoms with Gasteiger partial charge in [0, 0.05) is 5.70 Å². The molecule has 0 bridgehead atoms. The molecule has 0 heterocycles. The van der Waals surface area contributed by atoms with Gasteiger partial charge >= 0.3 is 0 Å². The van der Waals surface area contributed by atoms with Crippen molar-refractivity contribution in [1.29, 1.82) is 0 Å². The quantitative estimate of drug-likeness (QED) is 0.507. The summed E-state index contributed by atoms with van der Waals surface area (Å²) in [7, 11) is 0. The lowest BCUT2D eigenvalue weighted by molar-refractivity contribution is 0.123. The zero-order chi connectivity index (χ0) is 9.78. The molecule has 0 saturated heterocycles. The maximum atomic E-state index is 9.65. The van der Waals surface area contributed by atoms with E-state index < -0.39 is 5.60 Å². The van der Waals surface area contributed by atoms with E-state index in [4.69, 9.17) is 0 Å². The van der Waals surface area contributed by atoms with E-state index in [1.54, 1.807) is 13.8 Å². The van der Waals surface area contributed by atoms with Gasteiger partial charge in [-0.05, 0) is 46.1 Å². The molecule has 0 atom stereocenters. The van der Waals surface area contributed by atoms with Gasteiger partial charge in [0.05, 0.1) is 5.60 Å². The Morgan fingerprint density at radius 3 is 2.25 bits per heavy atom. The molecule has 2 nitrogen and oxygen atoms in total. The van der Waals surface area contributed by atoms with Crippen molar-refractivity contribution in [3.05, 3.63) is 23.4 Å². The number of hydrogen-bond donors (Lipinski definition) is 1. The van der Waals surface area contributed by atoms with Gasteiger partial charge in [0.15, 0.2) is 0 Å². The van der Waals surface area contributed by atoms with Crippen LogP contribution in [0.25, 0.3) is 0 Å². The topological polar surface area (TPSA) is 32.6 Å². The Kier molecular flexibility index (Phi) is 3.90. The molecular formula is C10H17NO. The van der Waals surface area contributed by atoms with Crippen molar-refractivity contribution >= 4 is 6.72 Å². The molecule has 12 heavy (non-hydrogen) atoms. The minimum Gasteiger partial charge on any atom is -0.386 e. The van der Waals surface area contributed by atoms with Crippen molar-refractivity contribution in [2.45, 2.75) is 33.3 Å². The Bertz CT molecular complexity index is 218. The number of nitrogens with zero attached hydrogens (tertiary/aromatic N) is 1. The summed E-state index contributed by atoms with van der Waals surface area (Å²) in [4.78, 5) is 3.75. The summed E-state index contributed by atoms with van der Waals surface area (Å²) in [6.07, 6.45) is 3.70. The zero-order valence-corrected chi connectivity index (χ0v) is 8.26. The van der Waals surface area contributed by atoms with E-state index in [9.17, 15) is 5.11 Å². The first-order valence-corrected chi connectivity index (χ1v) is 3.96. The average Bonchev–Trinajstić information content (AvgIpc) is 1.97. The second kappa shape index (κ2) is 4.21. The van der Waals surface area contributed by atoms with Gasteiger partial charge in [-0.2, -0.15) is 0 Å². The average molecular weight is 167 g/mol. The van der Waals surface area contributed by atoms with Gasteiger partial charge < -0.3 is 5.11 Å². The molecule has 0 fully saturated rings. The lowest BCUT2D eigenvalue weighted by Crippen LogP contribution is -2.20.